The highest BCUT2D eigenvalue weighted by molar-refractivity contribution is 7.90. The third-order valence-electron chi connectivity index (χ3n) is 4.95. The van der Waals surface area contributed by atoms with E-state index in [1.54, 1.807) is 17.2 Å². The van der Waals surface area contributed by atoms with Crippen LogP contribution in [0.25, 0.3) is 0 Å². The van der Waals surface area contributed by atoms with Gasteiger partial charge in [0.1, 0.15) is 16.7 Å². The van der Waals surface area contributed by atoms with Gasteiger partial charge < -0.3 is 14.5 Å². The number of piperazine rings is 1. The number of hydrogen-bond acceptors (Lipinski definition) is 8. The number of ether oxygens (including phenoxy) is 1. The zero-order valence-corrected chi connectivity index (χ0v) is 18.8. The van der Waals surface area contributed by atoms with Crippen LogP contribution in [0.2, 0.25) is 0 Å². The summed E-state index contributed by atoms with van der Waals surface area (Å²) in [6, 6.07) is 6.51. The summed E-state index contributed by atoms with van der Waals surface area (Å²) in [4.78, 5) is 21.9. The van der Waals surface area contributed by atoms with E-state index in [-0.39, 0.29) is 22.5 Å². The summed E-state index contributed by atoms with van der Waals surface area (Å²) in [6.07, 6.45) is 3.33. The van der Waals surface area contributed by atoms with Crippen molar-refractivity contribution in [2.24, 2.45) is 0 Å². The van der Waals surface area contributed by atoms with E-state index in [4.69, 9.17) is 10.00 Å². The van der Waals surface area contributed by atoms with Crippen LogP contribution in [-0.4, -0.2) is 62.7 Å². The first kappa shape index (κ1) is 22.1. The molecular formula is C20H24N4O4S2. The fourth-order valence-electron chi connectivity index (χ4n) is 3.04. The van der Waals surface area contributed by atoms with Crippen LogP contribution >= 0.6 is 11.3 Å². The van der Waals surface area contributed by atoms with Gasteiger partial charge in [0.05, 0.1) is 22.8 Å². The van der Waals surface area contributed by atoms with Crippen LogP contribution in [0.4, 0.5) is 5.13 Å². The number of benzene rings is 1. The van der Waals surface area contributed by atoms with Gasteiger partial charge in [0.25, 0.3) is 5.91 Å². The lowest BCUT2D eigenvalue weighted by molar-refractivity contribution is 0.0739. The summed E-state index contributed by atoms with van der Waals surface area (Å²) in [6.45, 7) is 5.97. The molecule has 1 atom stereocenters. The molecule has 1 aromatic heterocycles. The SMILES string of the molecule is CCC(C)Oc1ccc(S(C)(=O)=O)cc1C(=O)N1CCN(c2ncc(C#N)s2)CC1. The molecule has 2 aromatic rings. The summed E-state index contributed by atoms with van der Waals surface area (Å²) >= 11 is 1.33. The monoisotopic (exact) mass is 448 g/mol. The molecule has 0 radical (unpaired) electrons. The second-order valence-electron chi connectivity index (χ2n) is 7.16. The third kappa shape index (κ3) is 4.91. The Kier molecular flexibility index (Phi) is 6.63. The average molecular weight is 449 g/mol. The first-order valence-electron chi connectivity index (χ1n) is 9.63. The fraction of sp³-hybridized carbons (Fsp3) is 0.450. The van der Waals surface area contributed by atoms with E-state index in [2.05, 4.69) is 11.1 Å². The lowest BCUT2D eigenvalue weighted by Gasteiger charge is -2.35. The molecule has 1 aliphatic rings. The quantitative estimate of drug-likeness (QED) is 0.669. The van der Waals surface area contributed by atoms with Crippen LogP contribution < -0.4 is 9.64 Å². The minimum Gasteiger partial charge on any atom is -0.490 e. The van der Waals surface area contributed by atoms with E-state index in [9.17, 15) is 13.2 Å². The number of nitriles is 1. The van der Waals surface area contributed by atoms with E-state index < -0.39 is 9.84 Å². The molecule has 3 rings (SSSR count). The Bertz CT molecular complexity index is 1070. The molecule has 160 valence electrons. The number of anilines is 1. The van der Waals surface area contributed by atoms with Crippen molar-refractivity contribution in [1.29, 1.82) is 5.26 Å². The number of sulfone groups is 1. The lowest BCUT2D eigenvalue weighted by Crippen LogP contribution is -2.48. The van der Waals surface area contributed by atoms with Crippen molar-refractivity contribution in [3.63, 3.8) is 0 Å². The molecule has 1 fully saturated rings. The Hall–Kier alpha value is -2.64. The second kappa shape index (κ2) is 9.02. The summed E-state index contributed by atoms with van der Waals surface area (Å²) in [5.41, 5.74) is 0.257. The van der Waals surface area contributed by atoms with Crippen molar-refractivity contribution in [3.05, 3.63) is 34.8 Å². The van der Waals surface area contributed by atoms with Gasteiger partial charge in [0.15, 0.2) is 15.0 Å². The Morgan fingerprint density at radius 3 is 2.60 bits per heavy atom. The van der Waals surface area contributed by atoms with Crippen LogP contribution in [0.5, 0.6) is 5.75 Å². The minimum atomic E-state index is -3.45. The van der Waals surface area contributed by atoms with Gasteiger partial charge in [-0.2, -0.15) is 5.26 Å². The van der Waals surface area contributed by atoms with E-state index in [1.807, 2.05) is 18.7 Å². The fourth-order valence-corrected chi connectivity index (χ4v) is 4.46. The van der Waals surface area contributed by atoms with Gasteiger partial charge in [-0.15, -0.1) is 0 Å². The Labute approximate surface area is 180 Å². The molecule has 1 amide bonds. The zero-order valence-electron chi connectivity index (χ0n) is 17.2. The number of aromatic nitrogens is 1. The van der Waals surface area contributed by atoms with Gasteiger partial charge in [0.2, 0.25) is 0 Å². The highest BCUT2D eigenvalue weighted by Crippen LogP contribution is 2.27. The molecular weight excluding hydrogens is 424 g/mol. The summed E-state index contributed by atoms with van der Waals surface area (Å²) in [7, 11) is -3.45. The maximum Gasteiger partial charge on any atom is 0.257 e. The Balaban J connectivity index is 1.80. The van der Waals surface area contributed by atoms with Crippen molar-refractivity contribution >= 4 is 32.2 Å². The van der Waals surface area contributed by atoms with E-state index in [0.717, 1.165) is 17.8 Å². The number of hydrogen-bond donors (Lipinski definition) is 0. The smallest absolute Gasteiger partial charge is 0.257 e. The van der Waals surface area contributed by atoms with Crippen LogP contribution in [0.3, 0.4) is 0 Å². The van der Waals surface area contributed by atoms with Crippen molar-refractivity contribution in [2.45, 2.75) is 31.3 Å². The van der Waals surface area contributed by atoms with Crippen LogP contribution in [0.1, 0.15) is 35.5 Å². The standard InChI is InChI=1S/C20H24N4O4S2/c1-4-14(2)28-18-6-5-16(30(3,26)27)11-17(18)19(25)23-7-9-24(10-8-23)20-22-13-15(12-21)29-20/h5-6,11,13-14H,4,7-10H2,1-3H3. The van der Waals surface area contributed by atoms with Crippen LogP contribution in [-0.2, 0) is 9.84 Å². The summed E-state index contributed by atoms with van der Waals surface area (Å²) in [5.74, 6) is 0.137. The molecule has 1 saturated heterocycles. The topological polar surface area (TPSA) is 104 Å². The molecule has 8 nitrogen and oxygen atoms in total. The van der Waals surface area contributed by atoms with Crippen molar-refractivity contribution in [3.8, 4) is 11.8 Å². The number of amides is 1. The molecule has 0 spiro atoms. The molecule has 1 aromatic carbocycles. The molecule has 0 saturated carbocycles. The third-order valence-corrected chi connectivity index (χ3v) is 7.03. The molecule has 0 N–H and O–H groups in total. The second-order valence-corrected chi connectivity index (χ2v) is 10.2. The Morgan fingerprint density at radius 1 is 1.33 bits per heavy atom. The molecule has 1 unspecified atom stereocenters. The highest BCUT2D eigenvalue weighted by atomic mass is 32.2. The molecule has 0 aliphatic carbocycles. The average Bonchev–Trinajstić information content (AvgIpc) is 3.22. The van der Waals surface area contributed by atoms with Crippen molar-refractivity contribution in [2.75, 3.05) is 37.3 Å². The predicted octanol–water partition coefficient (Wildman–Crippen LogP) is 2.56. The van der Waals surface area contributed by atoms with Gasteiger partial charge in [0, 0.05) is 32.4 Å². The number of nitrogens with zero attached hydrogens (tertiary/aromatic N) is 4. The number of carbonyl (C=O) groups is 1. The summed E-state index contributed by atoms with van der Waals surface area (Å²) in [5, 5.41) is 9.73. The maximum atomic E-state index is 13.2. The van der Waals surface area contributed by atoms with Crippen LogP contribution in [0, 0.1) is 11.3 Å². The number of rotatable bonds is 6. The lowest BCUT2D eigenvalue weighted by atomic mass is 10.1. The van der Waals surface area contributed by atoms with Gasteiger partial charge >= 0.3 is 0 Å². The molecule has 10 heteroatoms. The van der Waals surface area contributed by atoms with E-state index in [1.165, 1.54) is 23.5 Å². The number of carbonyl (C=O) groups excluding carboxylic acids is 1. The van der Waals surface area contributed by atoms with Crippen molar-refractivity contribution < 1.29 is 17.9 Å². The van der Waals surface area contributed by atoms with E-state index >= 15 is 0 Å². The predicted molar refractivity (Wildman–Crippen MR) is 115 cm³/mol. The van der Waals surface area contributed by atoms with Gasteiger partial charge in [-0.3, -0.25) is 4.79 Å². The summed E-state index contributed by atoms with van der Waals surface area (Å²) < 4.78 is 29.9. The maximum absolute atomic E-state index is 13.2. The highest BCUT2D eigenvalue weighted by Gasteiger charge is 2.27. The first-order chi connectivity index (χ1) is 14.2. The molecule has 0 bridgehead atoms. The van der Waals surface area contributed by atoms with Crippen LogP contribution in [0.15, 0.2) is 29.3 Å². The number of thiazole rings is 1. The minimum absolute atomic E-state index is 0.0906. The Morgan fingerprint density at radius 2 is 2.03 bits per heavy atom. The van der Waals surface area contributed by atoms with Crippen molar-refractivity contribution in [1.82, 2.24) is 9.88 Å². The van der Waals surface area contributed by atoms with Gasteiger partial charge in [-0.05, 0) is 31.5 Å². The molecule has 30 heavy (non-hydrogen) atoms. The molecule has 1 aliphatic heterocycles. The molecule has 2 heterocycles. The van der Waals surface area contributed by atoms with Gasteiger partial charge in [-0.1, -0.05) is 18.3 Å². The van der Waals surface area contributed by atoms with Gasteiger partial charge in [-0.25, -0.2) is 13.4 Å². The first-order valence-corrected chi connectivity index (χ1v) is 12.3. The largest absolute Gasteiger partial charge is 0.490 e. The zero-order chi connectivity index (χ0) is 21.9. The van der Waals surface area contributed by atoms with E-state index in [0.29, 0.717) is 36.8 Å². The normalized spacial score (nSPS) is 15.5.